The van der Waals surface area contributed by atoms with Gasteiger partial charge in [-0.15, -0.1) is 0 Å². The predicted molar refractivity (Wildman–Crippen MR) is 79.8 cm³/mol. The molecule has 1 aromatic rings. The number of ether oxygens (including phenoxy) is 1. The van der Waals surface area contributed by atoms with Gasteiger partial charge in [0, 0.05) is 6.54 Å². The molecule has 0 bridgehead atoms. The third kappa shape index (κ3) is 5.84. The predicted octanol–water partition coefficient (Wildman–Crippen LogP) is 2.42. The number of carbonyl (C=O) groups is 1. The van der Waals surface area contributed by atoms with Crippen LogP contribution in [0.3, 0.4) is 0 Å². The van der Waals surface area contributed by atoms with Crippen LogP contribution in [0.2, 0.25) is 0 Å². The summed E-state index contributed by atoms with van der Waals surface area (Å²) < 4.78 is 44.1. The van der Waals surface area contributed by atoms with Gasteiger partial charge in [-0.25, -0.2) is 0 Å². The number of nitrogens with one attached hydrogen (secondary N) is 2. The zero-order valence-corrected chi connectivity index (χ0v) is 12.7. The van der Waals surface area contributed by atoms with Crippen molar-refractivity contribution in [3.8, 4) is 0 Å². The molecule has 1 unspecified atom stereocenters. The van der Waals surface area contributed by atoms with Crippen molar-refractivity contribution < 1.29 is 22.7 Å². The molecular formula is C16H21F3N2O2. The number of halogens is 3. The van der Waals surface area contributed by atoms with Crippen LogP contribution >= 0.6 is 0 Å². The first-order chi connectivity index (χ1) is 11.0. The van der Waals surface area contributed by atoms with Crippen molar-refractivity contribution in [2.45, 2.75) is 25.1 Å². The number of hydrogen-bond donors (Lipinski definition) is 2. The summed E-state index contributed by atoms with van der Waals surface area (Å²) in [4.78, 5) is 11.7. The Balaban J connectivity index is 1.82. The Kier molecular flexibility index (Phi) is 6.41. The minimum absolute atomic E-state index is 0.00819. The zero-order valence-electron chi connectivity index (χ0n) is 12.7. The first kappa shape index (κ1) is 17.7. The third-order valence-electron chi connectivity index (χ3n) is 3.83. The Hall–Kier alpha value is -1.60. The summed E-state index contributed by atoms with van der Waals surface area (Å²) in [7, 11) is 0. The Morgan fingerprint density at radius 2 is 1.91 bits per heavy atom. The second-order valence-corrected chi connectivity index (χ2v) is 5.64. The maximum absolute atomic E-state index is 13.1. The van der Waals surface area contributed by atoms with Gasteiger partial charge in [0.15, 0.2) is 6.10 Å². The first-order valence-corrected chi connectivity index (χ1v) is 7.67. The van der Waals surface area contributed by atoms with Crippen molar-refractivity contribution in [3.05, 3.63) is 35.9 Å². The molecule has 0 aliphatic carbocycles. The van der Waals surface area contributed by atoms with E-state index in [0.717, 1.165) is 25.9 Å². The highest BCUT2D eigenvalue weighted by Crippen LogP contribution is 2.35. The molecule has 0 saturated carbocycles. The SMILES string of the molecule is O=C(COC(c1ccccc1)C(F)(F)F)NCC1CCNCC1. The van der Waals surface area contributed by atoms with E-state index in [9.17, 15) is 18.0 Å². The lowest BCUT2D eigenvalue weighted by molar-refractivity contribution is -0.223. The van der Waals surface area contributed by atoms with Crippen molar-refractivity contribution in [2.75, 3.05) is 26.2 Å². The molecule has 23 heavy (non-hydrogen) atoms. The molecular weight excluding hydrogens is 309 g/mol. The van der Waals surface area contributed by atoms with E-state index in [4.69, 9.17) is 4.74 Å². The van der Waals surface area contributed by atoms with Crippen molar-refractivity contribution in [1.29, 1.82) is 0 Å². The largest absolute Gasteiger partial charge is 0.418 e. The number of carbonyl (C=O) groups excluding carboxylic acids is 1. The maximum atomic E-state index is 13.1. The first-order valence-electron chi connectivity index (χ1n) is 7.67. The van der Waals surface area contributed by atoms with Gasteiger partial charge in [0.1, 0.15) is 6.61 Å². The molecule has 4 nitrogen and oxygen atoms in total. The van der Waals surface area contributed by atoms with E-state index in [1.54, 1.807) is 6.07 Å². The van der Waals surface area contributed by atoms with E-state index >= 15 is 0 Å². The van der Waals surface area contributed by atoms with Crippen molar-refractivity contribution in [3.63, 3.8) is 0 Å². The number of benzene rings is 1. The quantitative estimate of drug-likeness (QED) is 0.842. The summed E-state index contributed by atoms with van der Waals surface area (Å²) in [5, 5.41) is 5.87. The summed E-state index contributed by atoms with van der Waals surface area (Å²) in [6.45, 7) is 1.68. The second-order valence-electron chi connectivity index (χ2n) is 5.64. The van der Waals surface area contributed by atoms with Gasteiger partial charge in [0.25, 0.3) is 0 Å². The lowest BCUT2D eigenvalue weighted by Gasteiger charge is -2.23. The summed E-state index contributed by atoms with van der Waals surface area (Å²) in [6.07, 6.45) is -4.74. The Morgan fingerprint density at radius 3 is 2.52 bits per heavy atom. The van der Waals surface area contributed by atoms with E-state index in [1.807, 2.05) is 0 Å². The summed E-state index contributed by atoms with van der Waals surface area (Å²) >= 11 is 0. The Bertz CT molecular complexity index is 488. The molecule has 1 atom stereocenters. The molecule has 1 heterocycles. The van der Waals surface area contributed by atoms with Gasteiger partial charge >= 0.3 is 6.18 Å². The molecule has 128 valence electrons. The van der Waals surface area contributed by atoms with Crippen LogP contribution < -0.4 is 10.6 Å². The Morgan fingerprint density at radius 1 is 1.26 bits per heavy atom. The normalized spacial score (nSPS) is 17.7. The monoisotopic (exact) mass is 330 g/mol. The molecule has 1 fully saturated rings. The van der Waals surface area contributed by atoms with E-state index in [1.165, 1.54) is 24.3 Å². The van der Waals surface area contributed by atoms with Crippen LogP contribution in [0.25, 0.3) is 0 Å². The summed E-state index contributed by atoms with van der Waals surface area (Å²) in [5.74, 6) is -0.151. The van der Waals surface area contributed by atoms with Gasteiger partial charge in [-0.1, -0.05) is 30.3 Å². The highest BCUT2D eigenvalue weighted by Gasteiger charge is 2.42. The molecule has 0 aromatic heterocycles. The van der Waals surface area contributed by atoms with Crippen LogP contribution in [0.4, 0.5) is 13.2 Å². The van der Waals surface area contributed by atoms with E-state index in [2.05, 4.69) is 10.6 Å². The smallest absolute Gasteiger partial charge is 0.354 e. The van der Waals surface area contributed by atoms with Gasteiger partial charge in [0.2, 0.25) is 5.91 Å². The number of piperidine rings is 1. The van der Waals surface area contributed by atoms with Crippen LogP contribution in [0, 0.1) is 5.92 Å². The van der Waals surface area contributed by atoms with Gasteiger partial charge in [-0.2, -0.15) is 13.2 Å². The van der Waals surface area contributed by atoms with Crippen molar-refractivity contribution in [2.24, 2.45) is 5.92 Å². The lowest BCUT2D eigenvalue weighted by Crippen LogP contribution is -2.38. The fourth-order valence-electron chi connectivity index (χ4n) is 2.56. The molecule has 2 rings (SSSR count). The highest BCUT2D eigenvalue weighted by atomic mass is 19.4. The fourth-order valence-corrected chi connectivity index (χ4v) is 2.56. The van der Waals surface area contributed by atoms with Crippen LogP contribution in [0.1, 0.15) is 24.5 Å². The minimum atomic E-state index is -4.56. The van der Waals surface area contributed by atoms with Gasteiger partial charge < -0.3 is 15.4 Å². The molecule has 1 aromatic carbocycles. The molecule has 0 radical (unpaired) electrons. The van der Waals surface area contributed by atoms with E-state index in [0.29, 0.717) is 12.5 Å². The topological polar surface area (TPSA) is 50.4 Å². The fraction of sp³-hybridized carbons (Fsp3) is 0.562. The average molecular weight is 330 g/mol. The van der Waals surface area contributed by atoms with E-state index < -0.39 is 24.8 Å². The number of amides is 1. The van der Waals surface area contributed by atoms with Crippen molar-refractivity contribution in [1.82, 2.24) is 10.6 Å². The second kappa shape index (κ2) is 8.31. The highest BCUT2D eigenvalue weighted by molar-refractivity contribution is 5.77. The van der Waals surface area contributed by atoms with E-state index in [-0.39, 0.29) is 5.56 Å². The third-order valence-corrected chi connectivity index (χ3v) is 3.83. The Labute approximate surface area is 133 Å². The number of alkyl halides is 3. The van der Waals surface area contributed by atoms with Crippen LogP contribution in [-0.4, -0.2) is 38.3 Å². The lowest BCUT2D eigenvalue weighted by atomic mass is 9.98. The maximum Gasteiger partial charge on any atom is 0.418 e. The summed E-state index contributed by atoms with van der Waals surface area (Å²) in [6, 6.07) is 7.32. The van der Waals surface area contributed by atoms with Gasteiger partial charge in [-0.3, -0.25) is 4.79 Å². The summed E-state index contributed by atoms with van der Waals surface area (Å²) in [5.41, 5.74) is -0.00819. The van der Waals surface area contributed by atoms with Crippen LogP contribution in [0.5, 0.6) is 0 Å². The molecule has 7 heteroatoms. The van der Waals surface area contributed by atoms with Gasteiger partial charge in [0.05, 0.1) is 0 Å². The van der Waals surface area contributed by atoms with Crippen LogP contribution in [0.15, 0.2) is 30.3 Å². The molecule has 0 spiro atoms. The molecule has 1 saturated heterocycles. The average Bonchev–Trinajstić information content (AvgIpc) is 2.54. The van der Waals surface area contributed by atoms with Crippen molar-refractivity contribution >= 4 is 5.91 Å². The number of hydrogen-bond acceptors (Lipinski definition) is 3. The standard InChI is InChI=1S/C16H21F3N2O2/c17-16(18,19)15(13-4-2-1-3-5-13)23-11-14(22)21-10-12-6-8-20-9-7-12/h1-5,12,15,20H,6-11H2,(H,21,22). The van der Waals surface area contributed by atoms with Crippen LogP contribution in [-0.2, 0) is 9.53 Å². The molecule has 1 aliphatic rings. The minimum Gasteiger partial charge on any atom is -0.354 e. The van der Waals surface area contributed by atoms with Gasteiger partial charge in [-0.05, 0) is 37.4 Å². The molecule has 1 aliphatic heterocycles. The zero-order chi connectivity index (χ0) is 16.7. The number of rotatable bonds is 6. The molecule has 2 N–H and O–H groups in total. The molecule has 1 amide bonds.